The Morgan fingerprint density at radius 3 is 0.572 bits per heavy atom. The van der Waals surface area contributed by atoms with Gasteiger partial charge in [0.15, 0.2) is 0 Å². The van der Waals surface area contributed by atoms with Crippen molar-refractivity contribution in [3.8, 4) is 0 Å². The van der Waals surface area contributed by atoms with Gasteiger partial charge in [-0.25, -0.2) is 0 Å². The van der Waals surface area contributed by atoms with Crippen molar-refractivity contribution >= 4 is 81.3 Å². The molecule has 0 aliphatic heterocycles. The fraction of sp³-hybridized carbons (Fsp3) is 0.339. The Kier molecular flexibility index (Phi) is 51.0. The zero-order chi connectivity index (χ0) is 99.8. The largest absolute Gasteiger partial charge is 3.00 e. The van der Waals surface area contributed by atoms with Crippen LogP contribution in [0.1, 0.15) is 247 Å². The fourth-order valence-electron chi connectivity index (χ4n) is 15.9. The molecule has 0 spiro atoms. The van der Waals surface area contributed by atoms with Gasteiger partial charge in [0, 0.05) is 141 Å². The van der Waals surface area contributed by atoms with E-state index in [1.54, 1.807) is 24.3 Å². The van der Waals surface area contributed by atoms with Crippen LogP contribution in [0.3, 0.4) is 0 Å². The number of carbonyl (C=O) groups is 4. The number of carbonyl (C=O) groups excluding carboxylic acids is 4. The molecule has 0 bridgehead atoms. The molecule has 0 saturated heterocycles. The number of anilines is 4. The first-order valence-electron chi connectivity index (χ1n) is 47.3. The van der Waals surface area contributed by atoms with Crippen LogP contribution in [-0.2, 0) is 71.0 Å². The van der Waals surface area contributed by atoms with Gasteiger partial charge in [-0.05, 0) is 210 Å². The summed E-state index contributed by atoms with van der Waals surface area (Å²) in [6.07, 6.45) is -0.134. The quantitative estimate of drug-likeness (QED) is 0.0282. The number of carboxylic acid groups (broad SMARTS) is 4. The zero-order valence-electron chi connectivity index (χ0n) is 85.4. The van der Waals surface area contributed by atoms with Gasteiger partial charge in [-0.3, -0.25) is 0 Å². The van der Waals surface area contributed by atoms with Crippen LogP contribution in [0.2, 0.25) is 0 Å². The molecule has 138 heavy (non-hydrogen) atoms. The van der Waals surface area contributed by atoms with Gasteiger partial charge in [0.2, 0.25) is 0 Å². The maximum absolute atomic E-state index is 10.4. The average molecular weight is 2160 g/mol. The summed E-state index contributed by atoms with van der Waals surface area (Å²) in [4.78, 5) is 65.0. The van der Waals surface area contributed by atoms with E-state index in [-0.39, 0.29) is 102 Å². The molecule has 12 aromatic rings. The SMILES string of the molecule is CC(C)c1cccc(C(C)C)c1N=C([N-]c1c(C(C)C)cccc1C(C)C)N(Cc1ccccc1)Cc1ccccc1.CC(C)c1cccc(C(C)C)c1N=C([N-]c1c(C(C)C)cccc1C(C)C)N(Cc1ccccc1)Cc1ccccc1.CN(C)c1ccccc1CC(=O)[O-].CN(C)c1ccccc1CC(=O)[O-].CN(C)c1ccccc1CC(=O)[O-].CN(C)c1ccccc1CC(=O)[O-].[Dy+3].[Dy+3]. The van der Waals surface area contributed by atoms with Crippen LogP contribution in [0.5, 0.6) is 0 Å². The molecule has 12 aromatic carbocycles. The standard InChI is InChI=1S/2C39H48N3.4C10H13NO2.2Dy/c2*1-27(2)33-21-15-22-34(28(3)4)37(33)40-39(41-38-35(29(5)6)23-16-24-36(38)30(7)8)42(25-31-17-11-9-12-18-31)26-32-19-13-10-14-20-32;4*1-11(2)9-6-4-3-5-8(9)7-10(12)13;;/h2*9-24,27-30H,25-26H2,1-8H3;4*3-6H,7H2,1-2H3,(H,12,13);;/q2*-1;;;;;2*+3/p-4. The van der Waals surface area contributed by atoms with Gasteiger partial charge in [0.25, 0.3) is 0 Å². The number of aliphatic carboxylic acids is 4. The molecule has 12 rings (SSSR count). The molecule has 0 amide bonds. The van der Waals surface area contributed by atoms with E-state index in [9.17, 15) is 39.6 Å². The molecule has 18 nitrogen and oxygen atoms in total. The summed E-state index contributed by atoms with van der Waals surface area (Å²) in [5, 5.41) is 52.8. The van der Waals surface area contributed by atoms with Gasteiger partial charge in [-0.2, -0.15) is 0 Å². The van der Waals surface area contributed by atoms with Crippen LogP contribution in [0.4, 0.5) is 45.5 Å². The normalized spacial score (nSPS) is 11.0. The van der Waals surface area contributed by atoms with E-state index in [4.69, 9.17) is 20.6 Å². The van der Waals surface area contributed by atoms with E-state index >= 15 is 0 Å². The Balaban J connectivity index is 0.000000320. The number of aliphatic imine (C=N–C) groups is 2. The van der Waals surface area contributed by atoms with Crippen molar-refractivity contribution < 1.29 is 116 Å². The minimum Gasteiger partial charge on any atom is -0.550 e. The molecule has 0 fully saturated rings. The van der Waals surface area contributed by atoms with Gasteiger partial charge in [-0.15, -0.1) is 0 Å². The van der Waals surface area contributed by atoms with Gasteiger partial charge >= 0.3 is 76.3 Å². The van der Waals surface area contributed by atoms with Crippen molar-refractivity contribution in [2.24, 2.45) is 9.98 Å². The maximum Gasteiger partial charge on any atom is 3.00 e. The molecule has 0 aliphatic rings. The summed E-state index contributed by atoms with van der Waals surface area (Å²) in [7, 11) is 15.1. The molecule has 0 aromatic heterocycles. The second kappa shape index (κ2) is 59.9. The number of carboxylic acids is 4. The van der Waals surface area contributed by atoms with Gasteiger partial charge in [-0.1, -0.05) is 378 Å². The van der Waals surface area contributed by atoms with Crippen LogP contribution in [-0.4, -0.2) is 102 Å². The second-order valence-corrected chi connectivity index (χ2v) is 37.4. The summed E-state index contributed by atoms with van der Waals surface area (Å²) in [6.45, 7) is 38.9. The van der Waals surface area contributed by atoms with E-state index in [1.165, 1.54) is 66.8 Å². The van der Waals surface area contributed by atoms with Crippen LogP contribution in [0.15, 0.2) is 301 Å². The van der Waals surface area contributed by atoms with E-state index in [0.29, 0.717) is 73.5 Å². The average Bonchev–Trinajstić information content (AvgIpc) is 0.802. The Morgan fingerprint density at radius 2 is 0.406 bits per heavy atom. The van der Waals surface area contributed by atoms with Gasteiger partial charge in [0.05, 0.1) is 0 Å². The third-order valence-electron chi connectivity index (χ3n) is 22.9. The molecule has 0 N–H and O–H groups in total. The minimum atomic E-state index is -1.05. The second-order valence-electron chi connectivity index (χ2n) is 37.4. The third-order valence-corrected chi connectivity index (χ3v) is 22.9. The van der Waals surface area contributed by atoms with Crippen molar-refractivity contribution in [2.75, 3.05) is 76.0 Å². The van der Waals surface area contributed by atoms with E-state index < -0.39 is 23.9 Å². The smallest absolute Gasteiger partial charge is 0.550 e. The molecule has 0 aliphatic carbocycles. The number of guanidine groups is 2. The predicted molar refractivity (Wildman–Crippen MR) is 561 cm³/mol. The maximum atomic E-state index is 10.4. The Labute approximate surface area is 885 Å². The monoisotopic (exact) mass is 2160 g/mol. The number of para-hydroxylation sites is 8. The van der Waals surface area contributed by atoms with Crippen LogP contribution < -0.4 is 40.0 Å². The topological polar surface area (TPSA) is 233 Å². The molecular formula is C118H144Dy2N10O8. The number of nitrogens with zero attached hydrogens (tertiary/aromatic N) is 10. The number of rotatable bonds is 32. The molecule has 0 atom stereocenters. The first-order valence-corrected chi connectivity index (χ1v) is 47.3. The molecular weight excluding hydrogens is 2010 g/mol. The summed E-state index contributed by atoms with van der Waals surface area (Å²) in [5.41, 5.74) is 26.1. The first kappa shape index (κ1) is 117. The minimum absolute atomic E-state index is 0. The van der Waals surface area contributed by atoms with E-state index in [0.717, 1.165) is 79.7 Å². The van der Waals surface area contributed by atoms with Crippen LogP contribution >= 0.6 is 0 Å². The Hall–Kier alpha value is -11.2. The number of benzene rings is 12. The van der Waals surface area contributed by atoms with Crippen molar-refractivity contribution in [2.45, 2.75) is 210 Å². The first-order chi connectivity index (χ1) is 64.7. The molecule has 0 unspecified atom stereocenters. The van der Waals surface area contributed by atoms with Crippen LogP contribution in [0, 0.1) is 76.3 Å². The molecule has 0 heterocycles. The van der Waals surface area contributed by atoms with Crippen molar-refractivity contribution in [3.05, 3.63) is 391 Å². The van der Waals surface area contributed by atoms with Gasteiger partial charge in [0.1, 0.15) is 0 Å². The van der Waals surface area contributed by atoms with Crippen molar-refractivity contribution in [3.63, 3.8) is 0 Å². The zero-order valence-corrected chi connectivity index (χ0v) is 89.4. The van der Waals surface area contributed by atoms with E-state index in [1.807, 2.05) is 149 Å². The molecule has 0 saturated carbocycles. The summed E-state index contributed by atoms with van der Waals surface area (Å²) in [6, 6.07) is 98.8. The third kappa shape index (κ3) is 37.9. The number of hydrogen-bond acceptors (Lipinski definition) is 14. The van der Waals surface area contributed by atoms with Crippen LogP contribution in [0.25, 0.3) is 10.6 Å². The fourth-order valence-corrected chi connectivity index (χ4v) is 15.9. The predicted octanol–water partition coefficient (Wildman–Crippen LogP) is 23.3. The van der Waals surface area contributed by atoms with E-state index in [2.05, 4.69) is 315 Å². The summed E-state index contributed by atoms with van der Waals surface area (Å²) < 4.78 is 0. The number of hydrogen-bond donors (Lipinski definition) is 0. The van der Waals surface area contributed by atoms with Gasteiger partial charge < -0.3 is 89.6 Å². The molecule has 734 valence electrons. The molecule has 20 heteroatoms. The Morgan fingerprint density at radius 1 is 0.239 bits per heavy atom. The van der Waals surface area contributed by atoms with Crippen molar-refractivity contribution in [1.82, 2.24) is 9.80 Å². The summed E-state index contributed by atoms with van der Waals surface area (Å²) in [5.74, 6) is 0.0641. The summed E-state index contributed by atoms with van der Waals surface area (Å²) >= 11 is 0. The van der Waals surface area contributed by atoms with Crippen molar-refractivity contribution in [1.29, 1.82) is 0 Å². The Bertz CT molecular complexity index is 5110. The molecule has 2 radical (unpaired) electrons.